The van der Waals surface area contributed by atoms with Crippen molar-refractivity contribution in [2.45, 2.75) is 12.5 Å². The summed E-state index contributed by atoms with van der Waals surface area (Å²) >= 11 is 2.12. The van der Waals surface area contributed by atoms with Gasteiger partial charge in [0.15, 0.2) is 0 Å². The number of hydrogen-bond acceptors (Lipinski definition) is 7. The van der Waals surface area contributed by atoms with Gasteiger partial charge in [0.05, 0.1) is 24.5 Å². The van der Waals surface area contributed by atoms with E-state index >= 15 is 0 Å². The summed E-state index contributed by atoms with van der Waals surface area (Å²) in [7, 11) is 0. The summed E-state index contributed by atoms with van der Waals surface area (Å²) < 4.78 is 5.62. The first-order valence-electron chi connectivity index (χ1n) is 6.22. The molecule has 1 aromatic heterocycles. The first kappa shape index (κ1) is 14.4. The molecule has 3 N–H and O–H groups in total. The molecule has 3 heterocycles. The van der Waals surface area contributed by atoms with Gasteiger partial charge in [-0.2, -0.15) is 0 Å². The highest BCUT2D eigenvalue weighted by molar-refractivity contribution is 8.14. The number of nitrogens with two attached hydrogens (primary N) is 1. The fourth-order valence-corrected chi connectivity index (χ4v) is 4.37. The number of imide groups is 1. The topological polar surface area (TPSA) is 110 Å². The number of amides is 2. The van der Waals surface area contributed by atoms with E-state index in [1.54, 1.807) is 0 Å². The summed E-state index contributed by atoms with van der Waals surface area (Å²) in [6.45, 7) is 0.453. The van der Waals surface area contributed by atoms with Gasteiger partial charge in [0, 0.05) is 4.88 Å². The molecule has 2 aliphatic heterocycles. The molecule has 1 aromatic rings. The number of nitrogen functional groups attached to an aromatic ring is 1. The number of aromatic carboxylic acids is 1. The van der Waals surface area contributed by atoms with Crippen LogP contribution < -0.4 is 5.73 Å². The Kier molecular flexibility index (Phi) is 3.64. The summed E-state index contributed by atoms with van der Waals surface area (Å²) in [4.78, 5) is 36.4. The van der Waals surface area contributed by atoms with Crippen LogP contribution in [0.15, 0.2) is 0 Å². The highest BCUT2D eigenvalue weighted by Crippen LogP contribution is 2.40. The predicted molar refractivity (Wildman–Crippen MR) is 77.7 cm³/mol. The molecule has 21 heavy (non-hydrogen) atoms. The van der Waals surface area contributed by atoms with Gasteiger partial charge in [0.2, 0.25) is 5.91 Å². The van der Waals surface area contributed by atoms with Gasteiger partial charge in [-0.05, 0) is 12.0 Å². The lowest BCUT2D eigenvalue weighted by Gasteiger charge is -2.26. The van der Waals surface area contributed by atoms with E-state index in [4.69, 9.17) is 10.5 Å². The number of anilines is 1. The zero-order valence-electron chi connectivity index (χ0n) is 10.8. The van der Waals surface area contributed by atoms with Crippen LogP contribution in [0, 0.1) is 0 Å². The van der Waals surface area contributed by atoms with Crippen molar-refractivity contribution < 1.29 is 24.2 Å². The van der Waals surface area contributed by atoms with Crippen molar-refractivity contribution in [2.24, 2.45) is 0 Å². The smallest absolute Gasteiger partial charge is 0.338 e. The molecule has 0 aliphatic carbocycles. The van der Waals surface area contributed by atoms with Crippen LogP contribution in [0.3, 0.4) is 0 Å². The molecular formula is C12H12N2O5S2. The van der Waals surface area contributed by atoms with Crippen molar-refractivity contribution in [3.63, 3.8) is 0 Å². The number of nitrogens with zero attached hydrogens (tertiary/aromatic N) is 1. The zero-order valence-corrected chi connectivity index (χ0v) is 12.5. The standard InChI is InChI=1S/C12H12N2O5S2/c13-10-8(11(16)17)5-1-2-19-6(9(5)21-10)3-14-7(15)4-20-12(14)18/h6H,1-4,13H2,(H,16,17). The second kappa shape index (κ2) is 5.32. The Balaban J connectivity index is 1.91. The molecule has 1 atom stereocenters. The lowest BCUT2D eigenvalue weighted by Crippen LogP contribution is -2.35. The molecule has 1 unspecified atom stereocenters. The molecule has 1 fully saturated rings. The normalized spacial score (nSPS) is 21.7. The Hall–Kier alpha value is -1.58. The fraction of sp³-hybridized carbons (Fsp3) is 0.417. The average molecular weight is 328 g/mol. The molecule has 0 bridgehead atoms. The van der Waals surface area contributed by atoms with Crippen LogP contribution in [0.4, 0.5) is 9.80 Å². The van der Waals surface area contributed by atoms with E-state index in [-0.39, 0.29) is 34.0 Å². The Morgan fingerprint density at radius 1 is 1.48 bits per heavy atom. The largest absolute Gasteiger partial charge is 0.478 e. The monoisotopic (exact) mass is 328 g/mol. The molecule has 7 nitrogen and oxygen atoms in total. The molecule has 112 valence electrons. The van der Waals surface area contributed by atoms with E-state index in [0.29, 0.717) is 23.5 Å². The molecule has 0 saturated carbocycles. The SMILES string of the molecule is Nc1sc2c(c1C(=O)O)CCOC2CN1C(=O)CSC1=O. The lowest BCUT2D eigenvalue weighted by atomic mass is 10.0. The van der Waals surface area contributed by atoms with Gasteiger partial charge in [-0.3, -0.25) is 14.5 Å². The van der Waals surface area contributed by atoms with Gasteiger partial charge in [-0.1, -0.05) is 11.8 Å². The summed E-state index contributed by atoms with van der Waals surface area (Å²) in [6, 6.07) is 0. The number of carbonyl (C=O) groups excluding carboxylic acids is 2. The molecule has 2 aliphatic rings. The van der Waals surface area contributed by atoms with Crippen molar-refractivity contribution in [3.05, 3.63) is 16.0 Å². The van der Waals surface area contributed by atoms with Crippen LogP contribution in [0.25, 0.3) is 0 Å². The number of carbonyl (C=O) groups is 3. The number of hydrogen-bond donors (Lipinski definition) is 2. The third-order valence-electron chi connectivity index (χ3n) is 3.43. The first-order valence-corrected chi connectivity index (χ1v) is 8.02. The van der Waals surface area contributed by atoms with E-state index in [9.17, 15) is 19.5 Å². The number of carboxylic acids is 1. The molecular weight excluding hydrogens is 316 g/mol. The van der Waals surface area contributed by atoms with Gasteiger partial charge < -0.3 is 15.6 Å². The van der Waals surface area contributed by atoms with E-state index < -0.39 is 12.1 Å². The van der Waals surface area contributed by atoms with Crippen molar-refractivity contribution in [1.82, 2.24) is 4.90 Å². The summed E-state index contributed by atoms with van der Waals surface area (Å²) in [6.07, 6.45) is -0.0293. The highest BCUT2D eigenvalue weighted by Gasteiger charge is 2.36. The maximum absolute atomic E-state index is 11.7. The Morgan fingerprint density at radius 2 is 2.24 bits per heavy atom. The van der Waals surface area contributed by atoms with Crippen molar-refractivity contribution >= 4 is 45.2 Å². The third kappa shape index (κ3) is 2.41. The van der Waals surface area contributed by atoms with Crippen LogP contribution >= 0.6 is 23.1 Å². The maximum atomic E-state index is 11.7. The second-order valence-electron chi connectivity index (χ2n) is 4.66. The predicted octanol–water partition coefficient (Wildman–Crippen LogP) is 1.34. The van der Waals surface area contributed by atoms with E-state index in [1.165, 1.54) is 0 Å². The average Bonchev–Trinajstić information content (AvgIpc) is 2.92. The summed E-state index contributed by atoms with van der Waals surface area (Å²) in [5.41, 5.74) is 6.56. The number of thiophene rings is 1. The van der Waals surface area contributed by atoms with Gasteiger partial charge >= 0.3 is 5.97 Å². The summed E-state index contributed by atoms with van der Waals surface area (Å²) in [5, 5.41) is 9.17. The number of ether oxygens (including phenoxy) is 1. The maximum Gasteiger partial charge on any atom is 0.338 e. The van der Waals surface area contributed by atoms with Crippen LogP contribution in [0.1, 0.15) is 26.9 Å². The minimum atomic E-state index is -1.06. The molecule has 0 radical (unpaired) electrons. The zero-order chi connectivity index (χ0) is 15.1. The van der Waals surface area contributed by atoms with Crippen LogP contribution in [0.2, 0.25) is 0 Å². The van der Waals surface area contributed by atoms with Gasteiger partial charge in [0.25, 0.3) is 5.24 Å². The highest BCUT2D eigenvalue weighted by atomic mass is 32.2. The molecule has 1 saturated heterocycles. The molecule has 9 heteroatoms. The van der Waals surface area contributed by atoms with Crippen LogP contribution in [-0.2, 0) is 16.0 Å². The minimum Gasteiger partial charge on any atom is -0.478 e. The minimum absolute atomic E-state index is 0.108. The number of rotatable bonds is 3. The Morgan fingerprint density at radius 3 is 2.86 bits per heavy atom. The molecule has 0 spiro atoms. The number of fused-ring (bicyclic) bond motifs is 1. The lowest BCUT2D eigenvalue weighted by molar-refractivity contribution is -0.126. The Bertz CT molecular complexity index is 626. The fourth-order valence-electron chi connectivity index (χ4n) is 2.48. The van der Waals surface area contributed by atoms with Gasteiger partial charge in [0.1, 0.15) is 11.1 Å². The van der Waals surface area contributed by atoms with Crippen LogP contribution in [0.5, 0.6) is 0 Å². The number of carboxylic acid groups (broad SMARTS) is 1. The van der Waals surface area contributed by atoms with Crippen molar-refractivity contribution in [1.29, 1.82) is 0 Å². The van der Waals surface area contributed by atoms with Gasteiger partial charge in [-0.15, -0.1) is 11.3 Å². The van der Waals surface area contributed by atoms with Crippen LogP contribution in [-0.4, -0.2) is 46.0 Å². The first-order chi connectivity index (χ1) is 9.99. The second-order valence-corrected chi connectivity index (χ2v) is 6.67. The Labute approximate surface area is 128 Å². The molecule has 3 rings (SSSR count). The molecule has 0 aromatic carbocycles. The van der Waals surface area contributed by atoms with E-state index in [0.717, 1.165) is 28.0 Å². The number of thioether (sulfide) groups is 1. The summed E-state index contributed by atoms with van der Waals surface area (Å²) in [5.74, 6) is -1.16. The van der Waals surface area contributed by atoms with E-state index in [2.05, 4.69) is 0 Å². The van der Waals surface area contributed by atoms with Crippen molar-refractivity contribution in [2.75, 3.05) is 24.6 Å². The third-order valence-corrected chi connectivity index (χ3v) is 5.44. The van der Waals surface area contributed by atoms with Crippen molar-refractivity contribution in [3.8, 4) is 0 Å². The van der Waals surface area contributed by atoms with E-state index in [1.807, 2.05) is 0 Å². The van der Waals surface area contributed by atoms with Gasteiger partial charge in [-0.25, -0.2) is 4.79 Å². The quantitative estimate of drug-likeness (QED) is 0.861. The molecule has 2 amide bonds.